The first kappa shape index (κ1) is 25.1. The number of hydrazine groups is 1. The summed E-state index contributed by atoms with van der Waals surface area (Å²) in [5, 5.41) is 4.16. The molecule has 1 fully saturated rings. The summed E-state index contributed by atoms with van der Waals surface area (Å²) in [4.78, 5) is 49.2. The Hall–Kier alpha value is -3.50. The molecule has 2 N–H and O–H groups in total. The maximum absolute atomic E-state index is 12.5. The molecule has 180 valence electrons. The van der Waals surface area contributed by atoms with E-state index in [2.05, 4.69) is 10.7 Å². The molecular formula is C22H21Cl2N3O7. The van der Waals surface area contributed by atoms with Crippen molar-refractivity contribution in [2.24, 2.45) is 5.92 Å². The highest BCUT2D eigenvalue weighted by Gasteiger charge is 2.36. The van der Waals surface area contributed by atoms with E-state index in [4.69, 9.17) is 37.4 Å². The lowest BCUT2D eigenvalue weighted by Crippen LogP contribution is -2.43. The van der Waals surface area contributed by atoms with Crippen LogP contribution in [0.25, 0.3) is 0 Å². The number of rotatable bonds is 8. The topological polar surface area (TPSA) is 123 Å². The summed E-state index contributed by atoms with van der Waals surface area (Å²) in [7, 11) is 2.90. The highest BCUT2D eigenvalue weighted by atomic mass is 35.5. The fourth-order valence-electron chi connectivity index (χ4n) is 3.16. The van der Waals surface area contributed by atoms with Crippen LogP contribution in [0.3, 0.4) is 0 Å². The second-order valence-corrected chi connectivity index (χ2v) is 8.02. The predicted octanol–water partition coefficient (Wildman–Crippen LogP) is 2.69. The molecular weight excluding hydrogens is 489 g/mol. The first-order valence-corrected chi connectivity index (χ1v) is 10.7. The Morgan fingerprint density at radius 1 is 1.03 bits per heavy atom. The van der Waals surface area contributed by atoms with Gasteiger partial charge >= 0.3 is 5.97 Å². The van der Waals surface area contributed by atoms with Crippen molar-refractivity contribution in [3.05, 3.63) is 52.0 Å². The van der Waals surface area contributed by atoms with Crippen molar-refractivity contribution in [1.29, 1.82) is 0 Å². The lowest BCUT2D eigenvalue weighted by Gasteiger charge is -2.18. The van der Waals surface area contributed by atoms with E-state index in [1.165, 1.54) is 38.5 Å². The highest BCUT2D eigenvalue weighted by molar-refractivity contribution is 6.42. The summed E-state index contributed by atoms with van der Waals surface area (Å²) in [5.74, 6) is -2.39. The molecule has 3 rings (SSSR count). The Labute approximate surface area is 205 Å². The standard InChI is InChI=1S/C22H21Cl2N3O7/c1-32-17-6-3-12(7-18(17)33-2)21(30)26-27-10-13(8-20(27)29)22(31)34-11-19(28)25-14-4-5-15(23)16(24)9-14/h3-7,9,13H,8,10-11H2,1-2H3,(H,25,28)(H,26,30)/t13-/m0/s1. The predicted molar refractivity (Wildman–Crippen MR) is 123 cm³/mol. The van der Waals surface area contributed by atoms with Crippen LogP contribution in [0.2, 0.25) is 10.0 Å². The molecule has 34 heavy (non-hydrogen) atoms. The molecule has 0 aliphatic carbocycles. The fourth-order valence-corrected chi connectivity index (χ4v) is 3.46. The van der Waals surface area contributed by atoms with Gasteiger partial charge in [-0.25, -0.2) is 0 Å². The number of ether oxygens (including phenoxy) is 3. The number of anilines is 1. The second kappa shape index (κ2) is 11.1. The van der Waals surface area contributed by atoms with Gasteiger partial charge in [0.05, 0.1) is 36.7 Å². The lowest BCUT2D eigenvalue weighted by atomic mass is 10.1. The van der Waals surface area contributed by atoms with Crippen molar-refractivity contribution in [3.8, 4) is 11.5 Å². The summed E-state index contributed by atoms with van der Waals surface area (Å²) in [6.45, 7) is -0.646. The van der Waals surface area contributed by atoms with Crippen molar-refractivity contribution in [2.75, 3.05) is 32.7 Å². The average Bonchev–Trinajstić information content (AvgIpc) is 3.19. The number of hydrogen-bond acceptors (Lipinski definition) is 7. The van der Waals surface area contributed by atoms with Crippen LogP contribution in [0.15, 0.2) is 36.4 Å². The largest absolute Gasteiger partial charge is 0.493 e. The number of carbonyl (C=O) groups excluding carboxylic acids is 4. The molecule has 0 saturated carbocycles. The Kier molecular flexibility index (Phi) is 8.19. The molecule has 2 aromatic carbocycles. The minimum absolute atomic E-state index is 0.0922. The molecule has 1 atom stereocenters. The van der Waals surface area contributed by atoms with Crippen LogP contribution >= 0.6 is 23.2 Å². The van der Waals surface area contributed by atoms with Gasteiger partial charge in [-0.3, -0.25) is 29.6 Å². The van der Waals surface area contributed by atoms with Crippen LogP contribution in [0.5, 0.6) is 11.5 Å². The number of esters is 1. The van der Waals surface area contributed by atoms with Crippen LogP contribution in [-0.2, 0) is 19.1 Å². The number of benzene rings is 2. The van der Waals surface area contributed by atoms with E-state index in [9.17, 15) is 19.2 Å². The minimum atomic E-state index is -0.837. The van der Waals surface area contributed by atoms with Crippen molar-refractivity contribution in [1.82, 2.24) is 10.4 Å². The Morgan fingerprint density at radius 3 is 2.44 bits per heavy atom. The van der Waals surface area contributed by atoms with Crippen molar-refractivity contribution in [2.45, 2.75) is 6.42 Å². The molecule has 0 radical (unpaired) electrons. The monoisotopic (exact) mass is 509 g/mol. The first-order chi connectivity index (χ1) is 16.2. The third-order valence-corrected chi connectivity index (χ3v) is 5.63. The van der Waals surface area contributed by atoms with Crippen LogP contribution in [-0.4, -0.2) is 56.1 Å². The molecule has 1 aliphatic heterocycles. The van der Waals surface area contributed by atoms with Crippen LogP contribution in [0, 0.1) is 5.92 Å². The minimum Gasteiger partial charge on any atom is -0.493 e. The van der Waals surface area contributed by atoms with Gasteiger partial charge < -0.3 is 19.5 Å². The van der Waals surface area contributed by atoms with E-state index in [1.807, 2.05) is 0 Å². The summed E-state index contributed by atoms with van der Waals surface area (Å²) < 4.78 is 15.3. The summed E-state index contributed by atoms with van der Waals surface area (Å²) in [6.07, 6.45) is -0.167. The first-order valence-electron chi connectivity index (χ1n) is 9.96. The molecule has 1 saturated heterocycles. The molecule has 0 unspecified atom stereocenters. The lowest BCUT2D eigenvalue weighted by molar-refractivity contribution is -0.151. The molecule has 0 bridgehead atoms. The number of nitrogens with one attached hydrogen (secondary N) is 2. The molecule has 1 aliphatic rings. The highest BCUT2D eigenvalue weighted by Crippen LogP contribution is 2.28. The molecule has 1 heterocycles. The molecule has 10 nitrogen and oxygen atoms in total. The number of nitrogens with zero attached hydrogens (tertiary/aromatic N) is 1. The van der Waals surface area contributed by atoms with Gasteiger partial charge in [-0.2, -0.15) is 0 Å². The van der Waals surface area contributed by atoms with E-state index in [0.29, 0.717) is 22.2 Å². The van der Waals surface area contributed by atoms with E-state index < -0.39 is 36.2 Å². The van der Waals surface area contributed by atoms with Crippen LogP contribution in [0.4, 0.5) is 5.69 Å². The van der Waals surface area contributed by atoms with E-state index in [0.717, 1.165) is 5.01 Å². The zero-order valence-corrected chi connectivity index (χ0v) is 19.7. The molecule has 2 aromatic rings. The quantitative estimate of drug-likeness (QED) is 0.524. The zero-order valence-electron chi connectivity index (χ0n) is 18.2. The maximum atomic E-state index is 12.5. The Morgan fingerprint density at radius 2 is 1.76 bits per heavy atom. The Balaban J connectivity index is 1.51. The van der Waals surface area contributed by atoms with Gasteiger partial charge in [0.15, 0.2) is 18.1 Å². The average molecular weight is 510 g/mol. The second-order valence-electron chi connectivity index (χ2n) is 7.20. The number of halogens is 2. The number of methoxy groups -OCH3 is 2. The maximum Gasteiger partial charge on any atom is 0.311 e. The van der Waals surface area contributed by atoms with E-state index >= 15 is 0 Å². The number of carbonyl (C=O) groups is 4. The Bertz CT molecular complexity index is 1130. The number of amides is 3. The number of hydrogen-bond donors (Lipinski definition) is 2. The van der Waals surface area contributed by atoms with Crippen LogP contribution < -0.4 is 20.2 Å². The normalized spacial score (nSPS) is 15.0. The summed E-state index contributed by atoms with van der Waals surface area (Å²) in [5.41, 5.74) is 3.08. The van der Waals surface area contributed by atoms with E-state index in [1.54, 1.807) is 12.1 Å². The van der Waals surface area contributed by atoms with Gasteiger partial charge in [0.1, 0.15) is 0 Å². The van der Waals surface area contributed by atoms with Gasteiger partial charge in [0.25, 0.3) is 11.8 Å². The van der Waals surface area contributed by atoms with Gasteiger partial charge in [-0.1, -0.05) is 23.2 Å². The van der Waals surface area contributed by atoms with Gasteiger partial charge in [0, 0.05) is 17.7 Å². The molecule has 0 aromatic heterocycles. The zero-order chi connectivity index (χ0) is 24.8. The molecule has 3 amide bonds. The summed E-state index contributed by atoms with van der Waals surface area (Å²) in [6, 6.07) is 9.05. The van der Waals surface area contributed by atoms with Crippen molar-refractivity contribution in [3.63, 3.8) is 0 Å². The smallest absolute Gasteiger partial charge is 0.311 e. The van der Waals surface area contributed by atoms with Gasteiger partial charge in [-0.05, 0) is 36.4 Å². The third kappa shape index (κ3) is 6.09. The van der Waals surface area contributed by atoms with E-state index in [-0.39, 0.29) is 23.6 Å². The summed E-state index contributed by atoms with van der Waals surface area (Å²) >= 11 is 11.7. The fraction of sp³-hybridized carbons (Fsp3) is 0.273. The molecule has 0 spiro atoms. The van der Waals surface area contributed by atoms with Crippen molar-refractivity contribution < 1.29 is 33.4 Å². The SMILES string of the molecule is COc1ccc(C(=O)NN2C[C@@H](C(=O)OCC(=O)Nc3ccc(Cl)c(Cl)c3)CC2=O)cc1OC. The van der Waals surface area contributed by atoms with Crippen molar-refractivity contribution >= 4 is 52.6 Å². The third-order valence-electron chi connectivity index (χ3n) is 4.89. The molecule has 12 heteroatoms. The van der Waals surface area contributed by atoms with Gasteiger partial charge in [0.2, 0.25) is 5.91 Å². The van der Waals surface area contributed by atoms with Crippen LogP contribution in [0.1, 0.15) is 16.8 Å². The van der Waals surface area contributed by atoms with Gasteiger partial charge in [-0.15, -0.1) is 0 Å².